The van der Waals surface area contributed by atoms with Crippen LogP contribution in [0.3, 0.4) is 0 Å². The maximum absolute atomic E-state index is 13.7. The molecule has 0 aromatic heterocycles. The number of rotatable bonds is 3. The highest BCUT2D eigenvalue weighted by molar-refractivity contribution is 6.30. The molecule has 0 heterocycles. The molecule has 2 saturated carbocycles. The van der Waals surface area contributed by atoms with Gasteiger partial charge in [-0.15, -0.1) is 0 Å². The van der Waals surface area contributed by atoms with Gasteiger partial charge in [0.1, 0.15) is 5.82 Å². The average molecular weight is 268 g/mol. The summed E-state index contributed by atoms with van der Waals surface area (Å²) >= 11 is 5.92. The molecule has 3 heteroatoms. The lowest BCUT2D eigenvalue weighted by Crippen LogP contribution is -2.28. The van der Waals surface area contributed by atoms with Crippen LogP contribution in [0.25, 0.3) is 0 Å². The molecule has 0 bridgehead atoms. The monoisotopic (exact) mass is 267 g/mol. The van der Waals surface area contributed by atoms with Gasteiger partial charge in [0.15, 0.2) is 0 Å². The van der Waals surface area contributed by atoms with Gasteiger partial charge in [0.2, 0.25) is 0 Å². The van der Waals surface area contributed by atoms with E-state index in [4.69, 9.17) is 11.6 Å². The fraction of sp³-hybridized carbons (Fsp3) is 0.600. The largest absolute Gasteiger partial charge is 0.380 e. The Morgan fingerprint density at radius 1 is 1.11 bits per heavy atom. The zero-order valence-electron chi connectivity index (χ0n) is 10.5. The Labute approximate surface area is 113 Å². The zero-order valence-corrected chi connectivity index (χ0v) is 11.2. The maximum atomic E-state index is 13.7. The summed E-state index contributed by atoms with van der Waals surface area (Å²) in [4.78, 5) is 0. The highest BCUT2D eigenvalue weighted by Crippen LogP contribution is 2.44. The standard InChI is InChI=1S/C15H19ClFN/c16-12-6-7-14(17)15(9-12)18-13-3-1-2-11(8-13)10-4-5-10/h6-7,9-11,13,18H,1-5,8H2. The smallest absolute Gasteiger partial charge is 0.146 e. The highest BCUT2D eigenvalue weighted by Gasteiger charge is 2.34. The van der Waals surface area contributed by atoms with Gasteiger partial charge >= 0.3 is 0 Å². The molecule has 2 atom stereocenters. The molecule has 1 N–H and O–H groups in total. The number of hydrogen-bond donors (Lipinski definition) is 1. The lowest BCUT2D eigenvalue weighted by molar-refractivity contribution is 0.302. The lowest BCUT2D eigenvalue weighted by atomic mass is 9.82. The zero-order chi connectivity index (χ0) is 12.5. The van der Waals surface area contributed by atoms with Gasteiger partial charge in [-0.05, 0) is 55.7 Å². The first kappa shape index (κ1) is 12.3. The van der Waals surface area contributed by atoms with E-state index >= 15 is 0 Å². The fourth-order valence-electron chi connectivity index (χ4n) is 3.18. The Bertz CT molecular complexity index is 431. The van der Waals surface area contributed by atoms with Crippen LogP contribution in [0, 0.1) is 17.7 Å². The van der Waals surface area contributed by atoms with Gasteiger partial charge in [0.25, 0.3) is 0 Å². The van der Waals surface area contributed by atoms with E-state index in [0.717, 1.165) is 18.3 Å². The molecule has 98 valence electrons. The maximum Gasteiger partial charge on any atom is 0.146 e. The van der Waals surface area contributed by atoms with E-state index in [2.05, 4.69) is 5.32 Å². The molecule has 0 saturated heterocycles. The molecule has 0 amide bonds. The summed E-state index contributed by atoms with van der Waals surface area (Å²) < 4.78 is 13.7. The van der Waals surface area contributed by atoms with Crippen molar-refractivity contribution in [1.82, 2.24) is 0 Å². The van der Waals surface area contributed by atoms with Crippen LogP contribution in [0.2, 0.25) is 5.02 Å². The molecule has 0 spiro atoms. The van der Waals surface area contributed by atoms with Crippen molar-refractivity contribution in [3.63, 3.8) is 0 Å². The summed E-state index contributed by atoms with van der Waals surface area (Å²) in [6.07, 6.45) is 7.78. The number of benzene rings is 1. The van der Waals surface area contributed by atoms with Gasteiger partial charge in [0, 0.05) is 11.1 Å². The third-order valence-corrected chi connectivity index (χ3v) is 4.53. The fourth-order valence-corrected chi connectivity index (χ4v) is 3.35. The van der Waals surface area contributed by atoms with Gasteiger partial charge < -0.3 is 5.32 Å². The van der Waals surface area contributed by atoms with Crippen molar-refractivity contribution in [3.8, 4) is 0 Å². The average Bonchev–Trinajstić information content (AvgIpc) is 3.18. The number of anilines is 1. The third kappa shape index (κ3) is 2.80. The molecule has 2 fully saturated rings. The van der Waals surface area contributed by atoms with E-state index in [9.17, 15) is 4.39 Å². The molecular formula is C15H19ClFN. The second-order valence-electron chi connectivity index (χ2n) is 5.73. The highest BCUT2D eigenvalue weighted by atomic mass is 35.5. The Kier molecular flexibility index (Phi) is 3.47. The summed E-state index contributed by atoms with van der Waals surface area (Å²) in [7, 11) is 0. The molecule has 0 radical (unpaired) electrons. The van der Waals surface area contributed by atoms with Gasteiger partial charge in [-0.3, -0.25) is 0 Å². The Hall–Kier alpha value is -0.760. The van der Waals surface area contributed by atoms with Crippen LogP contribution in [0.4, 0.5) is 10.1 Å². The predicted octanol–water partition coefficient (Wildman–Crippen LogP) is 4.86. The van der Waals surface area contributed by atoms with E-state index in [-0.39, 0.29) is 5.82 Å². The number of halogens is 2. The van der Waals surface area contributed by atoms with Crippen molar-refractivity contribution in [2.24, 2.45) is 11.8 Å². The molecule has 1 aromatic rings. The minimum Gasteiger partial charge on any atom is -0.380 e. The first-order valence-corrected chi connectivity index (χ1v) is 7.32. The summed E-state index contributed by atoms with van der Waals surface area (Å²) in [5.41, 5.74) is 0.559. The minimum absolute atomic E-state index is 0.201. The van der Waals surface area contributed by atoms with Crippen molar-refractivity contribution < 1.29 is 4.39 Å². The number of nitrogens with one attached hydrogen (secondary N) is 1. The van der Waals surface area contributed by atoms with E-state index in [1.54, 1.807) is 12.1 Å². The van der Waals surface area contributed by atoms with Crippen LogP contribution in [-0.2, 0) is 0 Å². The molecule has 18 heavy (non-hydrogen) atoms. The molecular weight excluding hydrogens is 249 g/mol. The molecule has 2 aliphatic carbocycles. The predicted molar refractivity (Wildman–Crippen MR) is 73.5 cm³/mol. The van der Waals surface area contributed by atoms with Crippen molar-refractivity contribution >= 4 is 17.3 Å². The van der Waals surface area contributed by atoms with Crippen molar-refractivity contribution in [2.45, 2.75) is 44.6 Å². The molecule has 0 aliphatic heterocycles. The van der Waals surface area contributed by atoms with E-state index in [1.165, 1.54) is 38.2 Å². The summed E-state index contributed by atoms with van der Waals surface area (Å²) in [5, 5.41) is 3.93. The van der Waals surface area contributed by atoms with E-state index in [1.807, 2.05) is 0 Å². The molecule has 1 nitrogen and oxygen atoms in total. The van der Waals surface area contributed by atoms with Gasteiger partial charge in [-0.25, -0.2) is 4.39 Å². The summed E-state index contributed by atoms with van der Waals surface area (Å²) in [6, 6.07) is 5.14. The van der Waals surface area contributed by atoms with Gasteiger partial charge in [0.05, 0.1) is 5.69 Å². The van der Waals surface area contributed by atoms with Crippen molar-refractivity contribution in [2.75, 3.05) is 5.32 Å². The molecule has 1 aromatic carbocycles. The molecule has 2 aliphatic rings. The van der Waals surface area contributed by atoms with Gasteiger partial charge in [-0.1, -0.05) is 24.4 Å². The Morgan fingerprint density at radius 3 is 2.72 bits per heavy atom. The van der Waals surface area contributed by atoms with Crippen LogP contribution in [0.1, 0.15) is 38.5 Å². The van der Waals surface area contributed by atoms with Crippen LogP contribution >= 0.6 is 11.6 Å². The minimum atomic E-state index is -0.201. The lowest BCUT2D eigenvalue weighted by Gasteiger charge is -2.30. The first-order chi connectivity index (χ1) is 8.72. The van der Waals surface area contributed by atoms with Crippen LogP contribution in [0.5, 0.6) is 0 Å². The van der Waals surface area contributed by atoms with E-state index < -0.39 is 0 Å². The quantitative estimate of drug-likeness (QED) is 0.825. The van der Waals surface area contributed by atoms with Crippen LogP contribution < -0.4 is 5.32 Å². The SMILES string of the molecule is Fc1ccc(Cl)cc1NC1CCCC(C2CC2)C1. The van der Waals surface area contributed by atoms with Crippen LogP contribution in [0.15, 0.2) is 18.2 Å². The van der Waals surface area contributed by atoms with Crippen LogP contribution in [-0.4, -0.2) is 6.04 Å². The molecule has 3 rings (SSSR count). The third-order valence-electron chi connectivity index (χ3n) is 4.29. The first-order valence-electron chi connectivity index (χ1n) is 6.94. The molecule has 2 unspecified atom stereocenters. The second kappa shape index (κ2) is 5.08. The topological polar surface area (TPSA) is 12.0 Å². The summed E-state index contributed by atoms with van der Waals surface area (Å²) in [6.45, 7) is 0. The van der Waals surface area contributed by atoms with Crippen molar-refractivity contribution in [3.05, 3.63) is 29.0 Å². The van der Waals surface area contributed by atoms with E-state index in [0.29, 0.717) is 16.8 Å². The Balaban J connectivity index is 1.65. The number of hydrogen-bond acceptors (Lipinski definition) is 1. The Morgan fingerprint density at radius 2 is 1.94 bits per heavy atom. The second-order valence-corrected chi connectivity index (χ2v) is 6.17. The normalized spacial score (nSPS) is 28.1. The van der Waals surface area contributed by atoms with Crippen molar-refractivity contribution in [1.29, 1.82) is 0 Å². The summed E-state index contributed by atoms with van der Waals surface area (Å²) in [5.74, 6) is 1.62. The van der Waals surface area contributed by atoms with Gasteiger partial charge in [-0.2, -0.15) is 0 Å².